The summed E-state index contributed by atoms with van der Waals surface area (Å²) in [6, 6.07) is 3.12. The van der Waals surface area contributed by atoms with E-state index in [1.165, 1.54) is 15.3 Å². The highest BCUT2D eigenvalue weighted by atomic mass is 32.2. The molecule has 2 unspecified atom stereocenters. The second kappa shape index (κ2) is 5.66. The van der Waals surface area contributed by atoms with Gasteiger partial charge in [0.05, 0.1) is 12.1 Å². The number of hydrogen-bond acceptors (Lipinski definition) is 4. The molecular weight excluding hydrogens is 260 g/mol. The molecule has 0 amide bonds. The predicted octanol–water partition coefficient (Wildman–Crippen LogP) is 4.14. The van der Waals surface area contributed by atoms with Gasteiger partial charge in [0.15, 0.2) is 5.17 Å². The first-order chi connectivity index (χ1) is 8.47. The fraction of sp³-hybridized carbons (Fsp3) is 0.643. The molecule has 0 radical (unpaired) electrons. The van der Waals surface area contributed by atoms with E-state index < -0.39 is 0 Å². The zero-order chi connectivity index (χ0) is 13.3. The van der Waals surface area contributed by atoms with Gasteiger partial charge in [0.2, 0.25) is 0 Å². The van der Waals surface area contributed by atoms with Gasteiger partial charge in [-0.25, -0.2) is 0 Å². The Hall–Kier alpha value is -0.480. The Labute approximate surface area is 118 Å². The molecule has 4 heteroatoms. The summed E-state index contributed by atoms with van der Waals surface area (Å²) >= 11 is 3.73. The van der Waals surface area contributed by atoms with Crippen molar-refractivity contribution in [2.75, 3.05) is 5.75 Å². The van der Waals surface area contributed by atoms with Crippen LogP contribution in [0.2, 0.25) is 0 Å². The van der Waals surface area contributed by atoms with Crippen molar-refractivity contribution < 1.29 is 0 Å². The van der Waals surface area contributed by atoms with Crippen molar-refractivity contribution in [1.82, 2.24) is 5.32 Å². The molecule has 100 valence electrons. The Morgan fingerprint density at radius 3 is 2.56 bits per heavy atom. The molecule has 1 aliphatic heterocycles. The second-order valence-electron chi connectivity index (χ2n) is 5.29. The summed E-state index contributed by atoms with van der Waals surface area (Å²) in [5.41, 5.74) is 1.41. The summed E-state index contributed by atoms with van der Waals surface area (Å²) in [4.78, 5) is 7.56. The van der Waals surface area contributed by atoms with Crippen LogP contribution in [0, 0.1) is 19.8 Å². The lowest BCUT2D eigenvalue weighted by atomic mass is 10.1. The Morgan fingerprint density at radius 1 is 1.33 bits per heavy atom. The van der Waals surface area contributed by atoms with Crippen molar-refractivity contribution in [2.45, 2.75) is 46.7 Å². The van der Waals surface area contributed by atoms with Crippen LogP contribution in [0.1, 0.15) is 42.1 Å². The standard InChI is InChI=1S/C14H22N2S2/c1-8(2)13-7-17-14(16-13)15-10(4)12-6-9(3)18-11(12)5/h6,8,10,13H,7H2,1-5H3,(H,15,16). The van der Waals surface area contributed by atoms with Gasteiger partial charge in [-0.15, -0.1) is 11.3 Å². The van der Waals surface area contributed by atoms with E-state index in [-0.39, 0.29) is 0 Å². The van der Waals surface area contributed by atoms with Crippen molar-refractivity contribution in [2.24, 2.45) is 10.9 Å². The summed E-state index contributed by atoms with van der Waals surface area (Å²) in [5.74, 6) is 1.76. The van der Waals surface area contributed by atoms with Gasteiger partial charge in [-0.3, -0.25) is 4.99 Å². The minimum Gasteiger partial charge on any atom is -0.358 e. The fourth-order valence-electron chi connectivity index (χ4n) is 2.15. The largest absolute Gasteiger partial charge is 0.358 e. The number of thiophene rings is 1. The number of thioether (sulfide) groups is 1. The predicted molar refractivity (Wildman–Crippen MR) is 83.9 cm³/mol. The molecule has 1 aromatic rings. The number of rotatable bonds is 3. The van der Waals surface area contributed by atoms with E-state index in [4.69, 9.17) is 4.99 Å². The number of amidine groups is 1. The van der Waals surface area contributed by atoms with Crippen LogP contribution in [-0.4, -0.2) is 17.0 Å². The van der Waals surface area contributed by atoms with Crippen LogP contribution >= 0.6 is 23.1 Å². The lowest BCUT2D eigenvalue weighted by molar-refractivity contribution is 0.541. The van der Waals surface area contributed by atoms with Crippen molar-refractivity contribution in [3.8, 4) is 0 Å². The summed E-state index contributed by atoms with van der Waals surface area (Å²) in [5, 5.41) is 4.67. The molecule has 1 aliphatic rings. The van der Waals surface area contributed by atoms with Crippen LogP contribution in [0.3, 0.4) is 0 Å². The number of nitrogens with zero attached hydrogens (tertiary/aromatic N) is 1. The van der Waals surface area contributed by atoms with Crippen LogP contribution in [0.5, 0.6) is 0 Å². The Balaban J connectivity index is 2.02. The summed E-state index contributed by atoms with van der Waals surface area (Å²) < 4.78 is 0. The molecule has 0 spiro atoms. The molecular formula is C14H22N2S2. The SMILES string of the molecule is Cc1cc(C(C)NC2=NC(C(C)C)CS2)c(C)s1. The summed E-state index contributed by atoms with van der Waals surface area (Å²) in [6.07, 6.45) is 0. The molecule has 0 aromatic carbocycles. The first kappa shape index (κ1) is 13.9. The monoisotopic (exact) mass is 282 g/mol. The minimum absolute atomic E-state index is 0.354. The Bertz CT molecular complexity index is 449. The average Bonchev–Trinajstić information content (AvgIpc) is 2.85. The van der Waals surface area contributed by atoms with Crippen molar-refractivity contribution in [1.29, 1.82) is 0 Å². The molecule has 1 N–H and O–H groups in total. The normalized spacial score (nSPS) is 21.2. The Morgan fingerprint density at radius 2 is 2.06 bits per heavy atom. The number of hydrogen-bond donors (Lipinski definition) is 1. The molecule has 2 atom stereocenters. The fourth-order valence-corrected chi connectivity index (χ4v) is 4.43. The van der Waals surface area contributed by atoms with Gasteiger partial charge in [-0.2, -0.15) is 0 Å². The molecule has 0 fully saturated rings. The number of aryl methyl sites for hydroxylation is 2. The van der Waals surface area contributed by atoms with Crippen LogP contribution in [0.4, 0.5) is 0 Å². The van der Waals surface area contributed by atoms with E-state index >= 15 is 0 Å². The maximum Gasteiger partial charge on any atom is 0.157 e. The van der Waals surface area contributed by atoms with Gasteiger partial charge in [0.1, 0.15) is 0 Å². The van der Waals surface area contributed by atoms with Gasteiger partial charge in [-0.1, -0.05) is 25.6 Å². The molecule has 0 aliphatic carbocycles. The lowest BCUT2D eigenvalue weighted by Gasteiger charge is -2.14. The smallest absolute Gasteiger partial charge is 0.157 e. The lowest BCUT2D eigenvalue weighted by Crippen LogP contribution is -2.23. The molecule has 2 nitrogen and oxygen atoms in total. The Kier molecular flexibility index (Phi) is 4.38. The first-order valence-electron chi connectivity index (χ1n) is 6.51. The topological polar surface area (TPSA) is 24.4 Å². The third-order valence-electron chi connectivity index (χ3n) is 3.33. The van der Waals surface area contributed by atoms with Gasteiger partial charge >= 0.3 is 0 Å². The minimum atomic E-state index is 0.354. The van der Waals surface area contributed by atoms with Gasteiger partial charge in [0.25, 0.3) is 0 Å². The molecule has 0 bridgehead atoms. The third-order valence-corrected chi connectivity index (χ3v) is 5.32. The maximum atomic E-state index is 4.76. The highest BCUT2D eigenvalue weighted by molar-refractivity contribution is 8.14. The zero-order valence-electron chi connectivity index (χ0n) is 11.8. The van der Waals surface area contributed by atoms with E-state index in [2.05, 4.69) is 46.0 Å². The van der Waals surface area contributed by atoms with E-state index in [1.54, 1.807) is 0 Å². The van der Waals surface area contributed by atoms with Crippen LogP contribution in [0.25, 0.3) is 0 Å². The van der Waals surface area contributed by atoms with Gasteiger partial charge in [-0.05, 0) is 38.3 Å². The van der Waals surface area contributed by atoms with Crippen LogP contribution in [0.15, 0.2) is 11.1 Å². The van der Waals surface area contributed by atoms with Crippen molar-refractivity contribution in [3.63, 3.8) is 0 Å². The highest BCUT2D eigenvalue weighted by Gasteiger charge is 2.22. The van der Waals surface area contributed by atoms with E-state index in [1.807, 2.05) is 23.1 Å². The number of aliphatic imine (C=N–C) groups is 1. The first-order valence-corrected chi connectivity index (χ1v) is 8.31. The molecule has 0 saturated heterocycles. The van der Waals surface area contributed by atoms with Crippen molar-refractivity contribution in [3.05, 3.63) is 21.4 Å². The summed E-state index contributed by atoms with van der Waals surface area (Å²) in [6.45, 7) is 11.1. The maximum absolute atomic E-state index is 4.76. The van der Waals surface area contributed by atoms with E-state index in [0.717, 1.165) is 10.9 Å². The van der Waals surface area contributed by atoms with Gasteiger partial charge < -0.3 is 5.32 Å². The van der Waals surface area contributed by atoms with Crippen LogP contribution in [-0.2, 0) is 0 Å². The molecule has 18 heavy (non-hydrogen) atoms. The zero-order valence-corrected chi connectivity index (χ0v) is 13.4. The number of nitrogens with one attached hydrogen (secondary N) is 1. The van der Waals surface area contributed by atoms with Crippen LogP contribution < -0.4 is 5.32 Å². The molecule has 2 rings (SSSR count). The van der Waals surface area contributed by atoms with E-state index in [0.29, 0.717) is 18.0 Å². The van der Waals surface area contributed by atoms with Gasteiger partial charge in [0, 0.05) is 15.5 Å². The van der Waals surface area contributed by atoms with E-state index in [9.17, 15) is 0 Å². The quantitative estimate of drug-likeness (QED) is 0.901. The molecule has 0 saturated carbocycles. The molecule has 1 aromatic heterocycles. The second-order valence-corrected chi connectivity index (χ2v) is 7.76. The summed E-state index contributed by atoms with van der Waals surface area (Å²) in [7, 11) is 0. The highest BCUT2D eigenvalue weighted by Crippen LogP contribution is 2.28. The molecule has 2 heterocycles. The van der Waals surface area contributed by atoms with Crippen molar-refractivity contribution >= 4 is 28.3 Å². The third kappa shape index (κ3) is 3.09. The average molecular weight is 282 g/mol.